The molecule has 0 atom stereocenters. The highest BCUT2D eigenvalue weighted by Crippen LogP contribution is 2.22. The number of benzene rings is 1. The zero-order valence-corrected chi connectivity index (χ0v) is 10.1. The molecule has 0 radical (unpaired) electrons. The molecular weight excluding hydrogens is 340 g/mol. The zero-order valence-electron chi connectivity index (χ0n) is 5.37. The average Bonchev–Trinajstić information content (AvgIpc) is 1.85. The molecule has 11 heavy (non-hydrogen) atoms. The number of hydrogen-bond acceptors (Lipinski definition) is 2. The standard InChI is InChI=1S/C6H5Br3N2/c7-4-1-5(8)3-6(2-4)10-11-9/h1-3,10-11H. The summed E-state index contributed by atoms with van der Waals surface area (Å²) in [5, 5.41) is 0. The smallest absolute Gasteiger partial charge is 0.0518 e. The summed E-state index contributed by atoms with van der Waals surface area (Å²) in [6, 6.07) is 5.89. The largest absolute Gasteiger partial charge is 0.312 e. The number of rotatable bonds is 2. The maximum Gasteiger partial charge on any atom is 0.0518 e. The molecule has 0 aromatic heterocycles. The van der Waals surface area contributed by atoms with Crippen LogP contribution in [0.5, 0.6) is 0 Å². The molecule has 0 heterocycles. The molecule has 0 saturated carbocycles. The van der Waals surface area contributed by atoms with Crippen molar-refractivity contribution < 1.29 is 0 Å². The Bertz CT molecular complexity index is 231. The fourth-order valence-corrected chi connectivity index (χ4v) is 2.20. The topological polar surface area (TPSA) is 24.1 Å². The van der Waals surface area contributed by atoms with E-state index in [0.29, 0.717) is 0 Å². The normalized spacial score (nSPS) is 9.73. The summed E-state index contributed by atoms with van der Waals surface area (Å²) in [4.78, 5) is 0. The molecule has 0 amide bonds. The summed E-state index contributed by atoms with van der Waals surface area (Å²) in [5.74, 6) is 0. The number of hydrogen-bond donors (Lipinski definition) is 2. The van der Waals surface area contributed by atoms with Gasteiger partial charge in [0.15, 0.2) is 0 Å². The summed E-state index contributed by atoms with van der Waals surface area (Å²) in [6.45, 7) is 0. The fourth-order valence-electron chi connectivity index (χ4n) is 0.681. The van der Waals surface area contributed by atoms with Crippen LogP contribution in [0.4, 0.5) is 5.69 Å². The third kappa shape index (κ3) is 3.11. The molecule has 0 aliphatic rings. The van der Waals surface area contributed by atoms with Crippen LogP contribution in [0.15, 0.2) is 27.1 Å². The molecule has 5 heteroatoms. The van der Waals surface area contributed by atoms with Gasteiger partial charge in [-0.15, -0.1) is 0 Å². The van der Waals surface area contributed by atoms with Gasteiger partial charge in [-0.2, -0.15) is 4.45 Å². The minimum absolute atomic E-state index is 0.975. The molecule has 2 N–H and O–H groups in total. The second-order valence-electron chi connectivity index (χ2n) is 1.88. The van der Waals surface area contributed by atoms with Crippen molar-refractivity contribution >= 4 is 53.7 Å². The minimum atomic E-state index is 0.975. The van der Waals surface area contributed by atoms with Gasteiger partial charge >= 0.3 is 0 Å². The maximum absolute atomic E-state index is 3.37. The lowest BCUT2D eigenvalue weighted by molar-refractivity contribution is 1.24. The summed E-state index contributed by atoms with van der Waals surface area (Å²) < 4.78 is 4.71. The van der Waals surface area contributed by atoms with Crippen LogP contribution in [-0.2, 0) is 0 Å². The first kappa shape index (κ1) is 9.51. The van der Waals surface area contributed by atoms with Gasteiger partial charge in [-0.25, -0.2) is 0 Å². The van der Waals surface area contributed by atoms with Crippen molar-refractivity contribution in [3.05, 3.63) is 27.1 Å². The number of halogens is 3. The van der Waals surface area contributed by atoms with Crippen molar-refractivity contribution in [1.82, 2.24) is 4.45 Å². The first-order valence-corrected chi connectivity index (χ1v) is 5.18. The van der Waals surface area contributed by atoms with Crippen LogP contribution >= 0.6 is 48.0 Å². The molecule has 0 spiro atoms. The number of hydrazine groups is 1. The van der Waals surface area contributed by atoms with Gasteiger partial charge < -0.3 is 5.43 Å². The van der Waals surface area contributed by atoms with Gasteiger partial charge in [0.05, 0.1) is 5.69 Å². The van der Waals surface area contributed by atoms with E-state index < -0.39 is 0 Å². The molecule has 0 bridgehead atoms. The Labute approximate surface area is 90.3 Å². The van der Waals surface area contributed by atoms with Crippen molar-refractivity contribution in [3.8, 4) is 0 Å². The van der Waals surface area contributed by atoms with Crippen LogP contribution in [0.3, 0.4) is 0 Å². The second-order valence-corrected chi connectivity index (χ2v) is 4.11. The third-order valence-corrected chi connectivity index (χ3v) is 2.17. The SMILES string of the molecule is BrNNc1cc(Br)cc(Br)c1. The van der Waals surface area contributed by atoms with Crippen LogP contribution in [0.2, 0.25) is 0 Å². The van der Waals surface area contributed by atoms with Crippen molar-refractivity contribution in [3.63, 3.8) is 0 Å². The van der Waals surface area contributed by atoms with E-state index in [4.69, 9.17) is 0 Å². The quantitative estimate of drug-likeness (QED) is 0.634. The predicted octanol–water partition coefficient (Wildman–Crippen LogP) is 3.44. The first-order chi connectivity index (χ1) is 5.22. The lowest BCUT2D eigenvalue weighted by Crippen LogP contribution is -2.07. The Balaban J connectivity index is 2.89. The lowest BCUT2D eigenvalue weighted by Gasteiger charge is -2.03. The van der Waals surface area contributed by atoms with E-state index >= 15 is 0 Å². The van der Waals surface area contributed by atoms with Gasteiger partial charge in [-0.05, 0) is 18.2 Å². The highest BCUT2D eigenvalue weighted by Gasteiger charge is 1.94. The van der Waals surface area contributed by atoms with Gasteiger partial charge in [-0.1, -0.05) is 31.9 Å². The van der Waals surface area contributed by atoms with Gasteiger partial charge in [-0.3, -0.25) is 0 Å². The van der Waals surface area contributed by atoms with Crippen molar-refractivity contribution in [2.45, 2.75) is 0 Å². The van der Waals surface area contributed by atoms with E-state index in [0.717, 1.165) is 14.6 Å². The van der Waals surface area contributed by atoms with Crippen LogP contribution < -0.4 is 9.88 Å². The monoisotopic (exact) mass is 342 g/mol. The van der Waals surface area contributed by atoms with Crippen LogP contribution in [0.1, 0.15) is 0 Å². The number of nitrogens with one attached hydrogen (secondary N) is 2. The van der Waals surface area contributed by atoms with Gasteiger partial charge in [0.25, 0.3) is 0 Å². The van der Waals surface area contributed by atoms with Gasteiger partial charge in [0.2, 0.25) is 0 Å². The molecule has 0 aliphatic heterocycles. The Hall–Kier alpha value is 0.420. The lowest BCUT2D eigenvalue weighted by atomic mass is 10.3. The average molecular weight is 345 g/mol. The molecule has 60 valence electrons. The van der Waals surface area contributed by atoms with Crippen molar-refractivity contribution in [2.24, 2.45) is 0 Å². The molecule has 1 rings (SSSR count). The van der Waals surface area contributed by atoms with E-state index in [1.165, 1.54) is 0 Å². The molecule has 0 aliphatic carbocycles. The van der Waals surface area contributed by atoms with E-state index in [-0.39, 0.29) is 0 Å². The Morgan fingerprint density at radius 3 is 2.00 bits per heavy atom. The highest BCUT2D eigenvalue weighted by atomic mass is 79.9. The molecule has 2 nitrogen and oxygen atoms in total. The molecule has 0 saturated heterocycles. The zero-order chi connectivity index (χ0) is 8.27. The van der Waals surface area contributed by atoms with Crippen molar-refractivity contribution in [1.29, 1.82) is 0 Å². The van der Waals surface area contributed by atoms with E-state index in [9.17, 15) is 0 Å². The Morgan fingerprint density at radius 2 is 1.55 bits per heavy atom. The summed E-state index contributed by atoms with van der Waals surface area (Å²) in [5.41, 5.74) is 3.87. The van der Waals surface area contributed by atoms with Crippen LogP contribution in [-0.4, -0.2) is 0 Å². The van der Waals surface area contributed by atoms with E-state index in [2.05, 4.69) is 57.9 Å². The fraction of sp³-hybridized carbons (Fsp3) is 0. The van der Waals surface area contributed by atoms with E-state index in [1.54, 1.807) is 0 Å². The highest BCUT2D eigenvalue weighted by molar-refractivity contribution is 9.11. The van der Waals surface area contributed by atoms with Crippen molar-refractivity contribution in [2.75, 3.05) is 5.43 Å². The van der Waals surface area contributed by atoms with E-state index in [1.807, 2.05) is 18.2 Å². The Morgan fingerprint density at radius 1 is 1.00 bits per heavy atom. The first-order valence-electron chi connectivity index (χ1n) is 2.80. The maximum atomic E-state index is 3.37. The molecule has 0 unspecified atom stereocenters. The van der Waals surface area contributed by atoms with Crippen LogP contribution in [0.25, 0.3) is 0 Å². The van der Waals surface area contributed by atoms with Gasteiger partial charge in [0.1, 0.15) is 0 Å². The second kappa shape index (κ2) is 4.45. The Kier molecular flexibility index (Phi) is 3.84. The summed E-state index contributed by atoms with van der Waals surface area (Å²) >= 11 is 9.78. The molecule has 0 fully saturated rings. The molecule has 1 aromatic carbocycles. The predicted molar refractivity (Wildman–Crippen MR) is 57.5 cm³/mol. The molecular formula is C6H5Br3N2. The summed E-state index contributed by atoms with van der Waals surface area (Å²) in [6.07, 6.45) is 0. The minimum Gasteiger partial charge on any atom is -0.312 e. The summed E-state index contributed by atoms with van der Waals surface area (Å²) in [7, 11) is 0. The third-order valence-electron chi connectivity index (χ3n) is 1.05. The van der Waals surface area contributed by atoms with Crippen LogP contribution in [0, 0.1) is 0 Å². The van der Waals surface area contributed by atoms with Gasteiger partial charge in [0, 0.05) is 25.1 Å². The molecule has 1 aromatic rings. The number of anilines is 1.